The van der Waals surface area contributed by atoms with E-state index in [1.54, 1.807) is 0 Å². The lowest BCUT2D eigenvalue weighted by Gasteiger charge is -2.18. The molecule has 0 saturated carbocycles. The van der Waals surface area contributed by atoms with Crippen molar-refractivity contribution in [3.63, 3.8) is 0 Å². The standard InChI is InChI=1S/C6H13N2/c1-7-3-5-8(2)6-4-7/h1,3-6H2,2H3/q+1. The van der Waals surface area contributed by atoms with Gasteiger partial charge in [0.05, 0.1) is 13.1 Å². The van der Waals surface area contributed by atoms with Gasteiger partial charge < -0.3 is 0 Å². The Morgan fingerprint density at radius 3 is 2.25 bits per heavy atom. The minimum absolute atomic E-state index is 1.12. The molecule has 0 spiro atoms. The van der Waals surface area contributed by atoms with Gasteiger partial charge in [-0.15, -0.1) is 0 Å². The van der Waals surface area contributed by atoms with Crippen LogP contribution in [0.3, 0.4) is 0 Å². The van der Waals surface area contributed by atoms with E-state index in [-0.39, 0.29) is 0 Å². The summed E-state index contributed by atoms with van der Waals surface area (Å²) in [7, 11) is 2.15. The summed E-state index contributed by atoms with van der Waals surface area (Å²) < 4.78 is 2.11. The van der Waals surface area contributed by atoms with E-state index in [4.69, 9.17) is 0 Å². The number of hydrogen-bond donors (Lipinski definition) is 0. The lowest BCUT2D eigenvalue weighted by molar-refractivity contribution is -0.530. The Morgan fingerprint density at radius 1 is 1.38 bits per heavy atom. The molecule has 0 aromatic rings. The van der Waals surface area contributed by atoms with Crippen LogP contribution in [0.5, 0.6) is 0 Å². The highest BCUT2D eigenvalue weighted by Crippen LogP contribution is 1.89. The highest BCUT2D eigenvalue weighted by atomic mass is 15.2. The highest BCUT2D eigenvalue weighted by Gasteiger charge is 2.11. The first kappa shape index (κ1) is 5.76. The zero-order valence-corrected chi connectivity index (χ0v) is 5.43. The Kier molecular flexibility index (Phi) is 1.63. The van der Waals surface area contributed by atoms with Crippen molar-refractivity contribution in [2.75, 3.05) is 33.2 Å². The first-order valence-corrected chi connectivity index (χ1v) is 3.03. The van der Waals surface area contributed by atoms with Crippen LogP contribution in [-0.2, 0) is 0 Å². The van der Waals surface area contributed by atoms with Gasteiger partial charge in [0.25, 0.3) is 0 Å². The van der Waals surface area contributed by atoms with Gasteiger partial charge in [0.2, 0.25) is 0 Å². The second-order valence-corrected chi connectivity index (χ2v) is 2.42. The number of piperazine rings is 1. The Morgan fingerprint density at radius 2 is 1.88 bits per heavy atom. The third-order valence-corrected chi connectivity index (χ3v) is 1.60. The molecule has 0 aromatic carbocycles. The Labute approximate surface area is 50.4 Å². The van der Waals surface area contributed by atoms with Gasteiger partial charge in [-0.2, -0.15) is 0 Å². The molecule has 1 aliphatic rings. The Balaban J connectivity index is 2.29. The fourth-order valence-electron chi connectivity index (χ4n) is 0.848. The van der Waals surface area contributed by atoms with Crippen LogP contribution in [0, 0.1) is 0 Å². The molecule has 0 amide bonds. The van der Waals surface area contributed by atoms with Crippen LogP contribution in [0.15, 0.2) is 0 Å². The molecule has 1 aliphatic heterocycles. The SMILES string of the molecule is C=[N+]1CCN(C)CC1. The Hall–Kier alpha value is -0.370. The van der Waals surface area contributed by atoms with Crippen LogP contribution in [0.25, 0.3) is 0 Å². The van der Waals surface area contributed by atoms with Crippen molar-refractivity contribution in [1.82, 2.24) is 4.90 Å². The van der Waals surface area contributed by atoms with Crippen LogP contribution in [0.2, 0.25) is 0 Å². The predicted octanol–water partition coefficient (Wildman–Crippen LogP) is -0.355. The molecule has 0 N–H and O–H groups in total. The molecule has 1 fully saturated rings. The summed E-state index contributed by atoms with van der Waals surface area (Å²) in [6.07, 6.45) is 0. The van der Waals surface area contributed by atoms with Crippen LogP contribution < -0.4 is 0 Å². The lowest BCUT2D eigenvalue weighted by Crippen LogP contribution is -2.38. The van der Waals surface area contributed by atoms with E-state index < -0.39 is 0 Å². The van der Waals surface area contributed by atoms with Crippen LogP contribution >= 0.6 is 0 Å². The van der Waals surface area contributed by atoms with Crippen molar-refractivity contribution in [3.8, 4) is 0 Å². The zero-order valence-electron chi connectivity index (χ0n) is 5.43. The second-order valence-electron chi connectivity index (χ2n) is 2.42. The van der Waals surface area contributed by atoms with Crippen molar-refractivity contribution in [3.05, 3.63) is 0 Å². The maximum absolute atomic E-state index is 3.84. The minimum Gasteiger partial charge on any atom is -0.294 e. The summed E-state index contributed by atoms with van der Waals surface area (Å²) in [6.45, 7) is 8.42. The summed E-state index contributed by atoms with van der Waals surface area (Å²) in [4.78, 5) is 2.32. The third-order valence-electron chi connectivity index (χ3n) is 1.60. The maximum Gasteiger partial charge on any atom is 0.154 e. The number of rotatable bonds is 0. The second kappa shape index (κ2) is 2.27. The highest BCUT2D eigenvalue weighted by molar-refractivity contribution is 5.14. The maximum atomic E-state index is 3.84. The molecule has 1 saturated heterocycles. The number of hydrogen-bond acceptors (Lipinski definition) is 1. The van der Waals surface area contributed by atoms with E-state index in [0.29, 0.717) is 0 Å². The van der Waals surface area contributed by atoms with Crippen LogP contribution in [-0.4, -0.2) is 49.4 Å². The number of likely N-dealkylation sites (N-methyl/N-ethyl adjacent to an activating group) is 1. The summed E-state index contributed by atoms with van der Waals surface area (Å²) >= 11 is 0. The van der Waals surface area contributed by atoms with E-state index in [1.165, 1.54) is 13.1 Å². The van der Waals surface area contributed by atoms with E-state index >= 15 is 0 Å². The molecular formula is C6H13N2+. The van der Waals surface area contributed by atoms with Gasteiger partial charge in [0, 0.05) is 0 Å². The fourth-order valence-corrected chi connectivity index (χ4v) is 0.848. The molecule has 2 nitrogen and oxygen atoms in total. The van der Waals surface area contributed by atoms with Gasteiger partial charge in [0.1, 0.15) is 6.72 Å². The van der Waals surface area contributed by atoms with E-state index in [9.17, 15) is 0 Å². The molecule has 0 unspecified atom stereocenters. The molecule has 0 bridgehead atoms. The fraction of sp³-hybridized carbons (Fsp3) is 0.833. The third kappa shape index (κ3) is 1.30. The van der Waals surface area contributed by atoms with Crippen molar-refractivity contribution >= 4 is 6.72 Å². The molecule has 8 heavy (non-hydrogen) atoms. The summed E-state index contributed by atoms with van der Waals surface area (Å²) in [5, 5.41) is 0. The average molecular weight is 113 g/mol. The van der Waals surface area contributed by atoms with Gasteiger partial charge in [-0.05, 0) is 7.05 Å². The summed E-state index contributed by atoms with van der Waals surface area (Å²) in [6, 6.07) is 0. The van der Waals surface area contributed by atoms with E-state index in [1.807, 2.05) is 0 Å². The molecule has 1 rings (SSSR count). The van der Waals surface area contributed by atoms with Crippen LogP contribution in [0.1, 0.15) is 0 Å². The summed E-state index contributed by atoms with van der Waals surface area (Å²) in [5.74, 6) is 0. The average Bonchev–Trinajstić information content (AvgIpc) is 1.77. The minimum atomic E-state index is 1.12. The van der Waals surface area contributed by atoms with Crippen molar-refractivity contribution in [1.29, 1.82) is 0 Å². The van der Waals surface area contributed by atoms with Gasteiger partial charge in [-0.3, -0.25) is 4.90 Å². The molecule has 46 valence electrons. The molecular weight excluding hydrogens is 100 g/mol. The zero-order chi connectivity index (χ0) is 5.98. The quantitative estimate of drug-likeness (QED) is 0.389. The molecule has 0 atom stereocenters. The van der Waals surface area contributed by atoms with Crippen molar-refractivity contribution < 1.29 is 4.58 Å². The van der Waals surface area contributed by atoms with Crippen molar-refractivity contribution in [2.24, 2.45) is 0 Å². The van der Waals surface area contributed by atoms with Gasteiger partial charge in [-0.1, -0.05) is 0 Å². The molecule has 1 heterocycles. The van der Waals surface area contributed by atoms with Gasteiger partial charge in [0.15, 0.2) is 13.1 Å². The van der Waals surface area contributed by atoms with Gasteiger partial charge >= 0.3 is 0 Å². The van der Waals surface area contributed by atoms with Gasteiger partial charge in [-0.25, -0.2) is 4.58 Å². The molecule has 2 heteroatoms. The van der Waals surface area contributed by atoms with Crippen molar-refractivity contribution in [2.45, 2.75) is 0 Å². The number of nitrogens with zero attached hydrogens (tertiary/aromatic N) is 2. The lowest BCUT2D eigenvalue weighted by atomic mass is 10.4. The van der Waals surface area contributed by atoms with E-state index in [0.717, 1.165) is 13.1 Å². The smallest absolute Gasteiger partial charge is 0.154 e. The predicted molar refractivity (Wildman–Crippen MR) is 34.6 cm³/mol. The first-order valence-electron chi connectivity index (χ1n) is 3.03. The molecule has 0 aliphatic carbocycles. The molecule has 0 radical (unpaired) electrons. The topological polar surface area (TPSA) is 6.25 Å². The normalized spacial score (nSPS) is 23.9. The molecule has 0 aromatic heterocycles. The largest absolute Gasteiger partial charge is 0.294 e. The van der Waals surface area contributed by atoms with Crippen LogP contribution in [0.4, 0.5) is 0 Å². The monoisotopic (exact) mass is 113 g/mol. The van der Waals surface area contributed by atoms with E-state index in [2.05, 4.69) is 23.2 Å². The Bertz CT molecular complexity index is 88.7. The summed E-state index contributed by atoms with van der Waals surface area (Å²) in [5.41, 5.74) is 0. The first-order chi connectivity index (χ1) is 3.79.